The second-order valence-electron chi connectivity index (χ2n) is 5.92. The third-order valence-electron chi connectivity index (χ3n) is 4.18. The molecular formula is C19H17N3O3. The molecule has 6 heteroatoms. The smallest absolute Gasteiger partial charge is 0.247 e. The van der Waals surface area contributed by atoms with Crippen LogP contribution < -0.4 is 10.1 Å². The van der Waals surface area contributed by atoms with Crippen molar-refractivity contribution in [2.75, 3.05) is 11.9 Å². The largest absolute Gasteiger partial charge is 0.493 e. The third-order valence-corrected chi connectivity index (χ3v) is 4.18. The second-order valence-corrected chi connectivity index (χ2v) is 5.92. The van der Waals surface area contributed by atoms with Crippen molar-refractivity contribution in [1.29, 1.82) is 0 Å². The first-order valence-corrected chi connectivity index (χ1v) is 8.14. The number of rotatable bonds is 3. The Bertz CT molecular complexity index is 920. The number of aromatic nitrogens is 2. The molecule has 1 aliphatic heterocycles. The van der Waals surface area contributed by atoms with Crippen LogP contribution in [0.15, 0.2) is 52.9 Å². The number of carbonyl (C=O) groups excluding carboxylic acids is 1. The number of aryl methyl sites for hydroxylation is 1. The van der Waals surface area contributed by atoms with Gasteiger partial charge in [0.15, 0.2) is 0 Å². The summed E-state index contributed by atoms with van der Waals surface area (Å²) in [7, 11) is 0. The van der Waals surface area contributed by atoms with Gasteiger partial charge < -0.3 is 14.5 Å². The standard InChI is InChI=1S/C19H17N3O3/c1-12-21-22-19(25-12)13-5-4-6-14(11-13)20-18(23)16-9-10-24-17-8-3-2-7-15(16)17/h2-8,11,16H,9-10H2,1H3,(H,20,23)/t16-/m1/s1. The molecule has 3 aromatic rings. The van der Waals surface area contributed by atoms with E-state index in [-0.39, 0.29) is 11.8 Å². The monoisotopic (exact) mass is 335 g/mol. The van der Waals surface area contributed by atoms with Gasteiger partial charge in [0.05, 0.1) is 12.5 Å². The van der Waals surface area contributed by atoms with Crippen LogP contribution in [0.25, 0.3) is 11.5 Å². The molecule has 1 aliphatic rings. The van der Waals surface area contributed by atoms with Gasteiger partial charge in [0.1, 0.15) is 5.75 Å². The summed E-state index contributed by atoms with van der Waals surface area (Å²) in [5, 5.41) is 10.8. The molecule has 0 aliphatic carbocycles. The van der Waals surface area contributed by atoms with Gasteiger partial charge in [-0.3, -0.25) is 4.79 Å². The maximum Gasteiger partial charge on any atom is 0.247 e. The van der Waals surface area contributed by atoms with E-state index in [0.29, 0.717) is 30.5 Å². The van der Waals surface area contributed by atoms with E-state index in [1.807, 2.05) is 48.5 Å². The number of carbonyl (C=O) groups is 1. The highest BCUT2D eigenvalue weighted by Gasteiger charge is 2.27. The van der Waals surface area contributed by atoms with Crippen LogP contribution >= 0.6 is 0 Å². The predicted molar refractivity (Wildman–Crippen MR) is 92.4 cm³/mol. The fraction of sp³-hybridized carbons (Fsp3) is 0.211. The Morgan fingerprint density at radius 1 is 1.16 bits per heavy atom. The fourth-order valence-corrected chi connectivity index (χ4v) is 2.99. The summed E-state index contributed by atoms with van der Waals surface area (Å²) in [6.45, 7) is 2.28. The highest BCUT2D eigenvalue weighted by atomic mass is 16.5. The lowest BCUT2D eigenvalue weighted by Gasteiger charge is -2.25. The molecule has 0 unspecified atom stereocenters. The van der Waals surface area contributed by atoms with E-state index in [1.165, 1.54) is 0 Å². The Morgan fingerprint density at radius 2 is 2.04 bits per heavy atom. The van der Waals surface area contributed by atoms with E-state index in [4.69, 9.17) is 9.15 Å². The topological polar surface area (TPSA) is 77.2 Å². The van der Waals surface area contributed by atoms with Crippen molar-refractivity contribution < 1.29 is 13.9 Å². The lowest BCUT2D eigenvalue weighted by molar-refractivity contribution is -0.118. The zero-order valence-corrected chi connectivity index (χ0v) is 13.7. The SMILES string of the molecule is Cc1nnc(-c2cccc(NC(=O)[C@@H]3CCOc4ccccc43)c2)o1. The molecule has 0 radical (unpaired) electrons. The van der Waals surface area contributed by atoms with Crippen molar-refractivity contribution in [2.24, 2.45) is 0 Å². The van der Waals surface area contributed by atoms with Crippen molar-refractivity contribution >= 4 is 11.6 Å². The van der Waals surface area contributed by atoms with E-state index >= 15 is 0 Å². The van der Waals surface area contributed by atoms with Crippen LogP contribution in [-0.4, -0.2) is 22.7 Å². The number of nitrogens with one attached hydrogen (secondary N) is 1. The number of benzene rings is 2. The number of fused-ring (bicyclic) bond motifs is 1. The van der Waals surface area contributed by atoms with Gasteiger partial charge in [0.25, 0.3) is 0 Å². The summed E-state index contributed by atoms with van der Waals surface area (Å²) in [5.74, 6) is 1.45. The second kappa shape index (κ2) is 6.39. The van der Waals surface area contributed by atoms with Gasteiger partial charge >= 0.3 is 0 Å². The Kier molecular flexibility index (Phi) is 3.93. The normalized spacial score (nSPS) is 16.0. The number of ether oxygens (including phenoxy) is 1. The van der Waals surface area contributed by atoms with Crippen molar-refractivity contribution in [3.63, 3.8) is 0 Å². The first-order chi connectivity index (χ1) is 12.2. The van der Waals surface area contributed by atoms with Gasteiger partial charge in [0.2, 0.25) is 17.7 Å². The van der Waals surface area contributed by atoms with Gasteiger partial charge in [-0.2, -0.15) is 0 Å². The van der Waals surface area contributed by atoms with Gasteiger partial charge in [-0.25, -0.2) is 0 Å². The van der Waals surface area contributed by atoms with E-state index < -0.39 is 0 Å². The molecule has 2 heterocycles. The van der Waals surface area contributed by atoms with Gasteiger partial charge in [-0.05, 0) is 30.7 Å². The first kappa shape index (κ1) is 15.4. The lowest BCUT2D eigenvalue weighted by atomic mass is 9.92. The highest BCUT2D eigenvalue weighted by Crippen LogP contribution is 2.34. The molecule has 4 rings (SSSR count). The maximum atomic E-state index is 12.8. The fourth-order valence-electron chi connectivity index (χ4n) is 2.99. The van der Waals surface area contributed by atoms with E-state index in [2.05, 4.69) is 15.5 Å². The maximum absolute atomic E-state index is 12.8. The minimum Gasteiger partial charge on any atom is -0.493 e. The molecular weight excluding hydrogens is 318 g/mol. The summed E-state index contributed by atoms with van der Waals surface area (Å²) in [4.78, 5) is 12.8. The molecule has 126 valence electrons. The number of anilines is 1. The van der Waals surface area contributed by atoms with Crippen LogP contribution in [0.2, 0.25) is 0 Å². The number of nitrogens with zero attached hydrogens (tertiary/aromatic N) is 2. The van der Waals surface area contributed by atoms with Crippen molar-refractivity contribution in [3.05, 3.63) is 60.0 Å². The van der Waals surface area contributed by atoms with Gasteiger partial charge in [0, 0.05) is 23.7 Å². The molecule has 1 atom stereocenters. The van der Waals surface area contributed by atoms with Crippen LogP contribution in [0.5, 0.6) is 5.75 Å². The van der Waals surface area contributed by atoms with Gasteiger partial charge in [-0.1, -0.05) is 24.3 Å². The molecule has 0 saturated heterocycles. The van der Waals surface area contributed by atoms with Crippen molar-refractivity contribution in [2.45, 2.75) is 19.3 Å². The predicted octanol–water partition coefficient (Wildman–Crippen LogP) is 3.55. The molecule has 6 nitrogen and oxygen atoms in total. The molecule has 1 amide bonds. The quantitative estimate of drug-likeness (QED) is 0.792. The molecule has 1 aromatic heterocycles. The molecule has 0 bridgehead atoms. The van der Waals surface area contributed by atoms with Crippen LogP contribution in [0.3, 0.4) is 0 Å². The highest BCUT2D eigenvalue weighted by molar-refractivity contribution is 5.96. The molecule has 0 spiro atoms. The number of amides is 1. The average Bonchev–Trinajstić information content (AvgIpc) is 3.08. The Morgan fingerprint density at radius 3 is 2.88 bits per heavy atom. The Balaban J connectivity index is 1.56. The Labute approximate surface area is 144 Å². The van der Waals surface area contributed by atoms with Crippen molar-refractivity contribution in [3.8, 4) is 17.2 Å². The summed E-state index contributed by atoms with van der Waals surface area (Å²) >= 11 is 0. The van der Waals surface area contributed by atoms with E-state index in [0.717, 1.165) is 16.9 Å². The number of para-hydroxylation sites is 1. The van der Waals surface area contributed by atoms with Crippen LogP contribution in [-0.2, 0) is 4.79 Å². The summed E-state index contributed by atoms with van der Waals surface area (Å²) in [6.07, 6.45) is 0.658. The van der Waals surface area contributed by atoms with Crippen LogP contribution in [0, 0.1) is 6.92 Å². The molecule has 2 aromatic carbocycles. The van der Waals surface area contributed by atoms with Crippen LogP contribution in [0.1, 0.15) is 23.8 Å². The minimum atomic E-state index is -0.223. The summed E-state index contributed by atoms with van der Waals surface area (Å²) in [6, 6.07) is 15.1. The zero-order chi connectivity index (χ0) is 17.2. The molecule has 0 saturated carbocycles. The summed E-state index contributed by atoms with van der Waals surface area (Å²) in [5.41, 5.74) is 2.39. The molecule has 25 heavy (non-hydrogen) atoms. The zero-order valence-electron chi connectivity index (χ0n) is 13.7. The third kappa shape index (κ3) is 3.10. The van der Waals surface area contributed by atoms with Crippen LogP contribution in [0.4, 0.5) is 5.69 Å². The lowest BCUT2D eigenvalue weighted by Crippen LogP contribution is -2.26. The number of hydrogen-bond acceptors (Lipinski definition) is 5. The van der Waals surface area contributed by atoms with E-state index in [1.54, 1.807) is 6.92 Å². The van der Waals surface area contributed by atoms with Gasteiger partial charge in [-0.15, -0.1) is 10.2 Å². The van der Waals surface area contributed by atoms with E-state index in [9.17, 15) is 4.79 Å². The summed E-state index contributed by atoms with van der Waals surface area (Å²) < 4.78 is 11.1. The minimum absolute atomic E-state index is 0.0467. The molecule has 1 N–H and O–H groups in total. The Hall–Kier alpha value is -3.15. The number of hydrogen-bond donors (Lipinski definition) is 1. The first-order valence-electron chi connectivity index (χ1n) is 8.14. The van der Waals surface area contributed by atoms with Crippen molar-refractivity contribution in [1.82, 2.24) is 10.2 Å². The average molecular weight is 335 g/mol. The molecule has 0 fully saturated rings.